The van der Waals surface area contributed by atoms with Crippen molar-refractivity contribution in [2.75, 3.05) is 18.5 Å². The van der Waals surface area contributed by atoms with Gasteiger partial charge in [0.2, 0.25) is 0 Å². The molecule has 3 heterocycles. The molecule has 152 valence electrons. The third kappa shape index (κ3) is 3.67. The SMILES string of the molecule is CCOC(=O)c1sc2ncnc(NC3CCOC3c3ccc(F)c(F)c3)c2c1C. The van der Waals surface area contributed by atoms with Crippen LogP contribution in [0.3, 0.4) is 0 Å². The Labute approximate surface area is 169 Å². The van der Waals surface area contributed by atoms with Gasteiger partial charge >= 0.3 is 5.97 Å². The fourth-order valence-electron chi connectivity index (χ4n) is 3.50. The molecule has 0 spiro atoms. The Kier molecular flexibility index (Phi) is 5.42. The lowest BCUT2D eigenvalue weighted by Crippen LogP contribution is -2.24. The maximum atomic E-state index is 13.7. The van der Waals surface area contributed by atoms with E-state index in [-0.39, 0.29) is 12.0 Å². The van der Waals surface area contributed by atoms with Crippen LogP contribution in [-0.4, -0.2) is 35.2 Å². The van der Waals surface area contributed by atoms with Crippen LogP contribution in [0.15, 0.2) is 24.5 Å². The number of hydrogen-bond donors (Lipinski definition) is 1. The number of thiophene rings is 1. The van der Waals surface area contributed by atoms with Crippen LogP contribution in [0.4, 0.5) is 14.6 Å². The lowest BCUT2D eigenvalue weighted by Gasteiger charge is -2.21. The van der Waals surface area contributed by atoms with Gasteiger partial charge in [-0.15, -0.1) is 11.3 Å². The normalized spacial score (nSPS) is 18.9. The van der Waals surface area contributed by atoms with Crippen molar-refractivity contribution in [1.29, 1.82) is 0 Å². The quantitative estimate of drug-likeness (QED) is 0.618. The predicted octanol–water partition coefficient (Wildman–Crippen LogP) is 4.40. The molecule has 1 fully saturated rings. The first-order valence-corrected chi connectivity index (χ1v) is 10.1. The van der Waals surface area contributed by atoms with E-state index in [0.717, 1.165) is 23.1 Å². The van der Waals surface area contributed by atoms with Crippen molar-refractivity contribution >= 4 is 33.3 Å². The number of anilines is 1. The molecule has 1 saturated heterocycles. The number of ether oxygens (including phenoxy) is 2. The first-order valence-electron chi connectivity index (χ1n) is 9.24. The van der Waals surface area contributed by atoms with Crippen molar-refractivity contribution in [1.82, 2.24) is 9.97 Å². The zero-order valence-corrected chi connectivity index (χ0v) is 16.7. The van der Waals surface area contributed by atoms with Crippen LogP contribution in [0.1, 0.15) is 40.2 Å². The van der Waals surface area contributed by atoms with Gasteiger partial charge in [-0.25, -0.2) is 23.5 Å². The van der Waals surface area contributed by atoms with Crippen molar-refractivity contribution in [3.63, 3.8) is 0 Å². The Bertz CT molecular complexity index is 1070. The van der Waals surface area contributed by atoms with E-state index in [9.17, 15) is 13.6 Å². The lowest BCUT2D eigenvalue weighted by molar-refractivity contribution is 0.0531. The number of nitrogens with zero attached hydrogens (tertiary/aromatic N) is 2. The number of esters is 1. The van der Waals surface area contributed by atoms with Crippen molar-refractivity contribution in [3.05, 3.63) is 52.2 Å². The topological polar surface area (TPSA) is 73.3 Å². The van der Waals surface area contributed by atoms with Crippen LogP contribution in [0.25, 0.3) is 10.2 Å². The summed E-state index contributed by atoms with van der Waals surface area (Å²) in [7, 11) is 0. The number of nitrogens with one attached hydrogen (secondary N) is 1. The Morgan fingerprint density at radius 1 is 1.34 bits per heavy atom. The van der Waals surface area contributed by atoms with Crippen molar-refractivity contribution in [2.45, 2.75) is 32.4 Å². The number of halogens is 2. The van der Waals surface area contributed by atoms with E-state index in [1.807, 2.05) is 6.92 Å². The van der Waals surface area contributed by atoms with Crippen LogP contribution in [0, 0.1) is 18.6 Å². The molecule has 0 amide bonds. The third-order valence-electron chi connectivity index (χ3n) is 4.87. The molecule has 1 N–H and O–H groups in total. The van der Waals surface area contributed by atoms with Gasteiger partial charge in [-0.05, 0) is 43.5 Å². The standard InChI is InChI=1S/C20H19F2N3O3S/c1-3-27-20(26)17-10(2)15-18(23-9-24-19(15)29-17)25-14-6-7-28-16(14)11-4-5-12(21)13(22)8-11/h4-5,8-9,14,16H,3,6-7H2,1-2H3,(H,23,24,25). The number of fused-ring (bicyclic) bond motifs is 1. The first kappa shape index (κ1) is 19.7. The fourth-order valence-corrected chi connectivity index (χ4v) is 4.55. The molecule has 1 aliphatic rings. The van der Waals surface area contributed by atoms with E-state index in [1.54, 1.807) is 6.92 Å². The highest BCUT2D eigenvalue weighted by Gasteiger charge is 2.31. The highest BCUT2D eigenvalue weighted by atomic mass is 32.1. The number of carbonyl (C=O) groups is 1. The zero-order valence-electron chi connectivity index (χ0n) is 15.9. The molecular formula is C20H19F2N3O3S. The van der Waals surface area contributed by atoms with Gasteiger partial charge in [0.05, 0.1) is 18.0 Å². The third-order valence-corrected chi connectivity index (χ3v) is 6.05. The summed E-state index contributed by atoms with van der Waals surface area (Å²) in [5, 5.41) is 4.10. The van der Waals surface area contributed by atoms with E-state index in [1.165, 1.54) is 23.7 Å². The summed E-state index contributed by atoms with van der Waals surface area (Å²) in [6.45, 7) is 4.36. The second-order valence-corrected chi connectivity index (χ2v) is 7.68. The summed E-state index contributed by atoms with van der Waals surface area (Å²) in [4.78, 5) is 22.0. The van der Waals surface area contributed by atoms with Crippen molar-refractivity contribution < 1.29 is 23.0 Å². The molecule has 1 aromatic carbocycles. The number of hydrogen-bond acceptors (Lipinski definition) is 7. The Hall–Kier alpha value is -2.65. The van der Waals surface area contributed by atoms with Gasteiger partial charge in [-0.1, -0.05) is 6.07 Å². The summed E-state index contributed by atoms with van der Waals surface area (Å²) in [5.74, 6) is -1.62. The van der Waals surface area contributed by atoms with Crippen LogP contribution >= 0.6 is 11.3 Å². The predicted molar refractivity (Wildman–Crippen MR) is 105 cm³/mol. The maximum Gasteiger partial charge on any atom is 0.348 e. The summed E-state index contributed by atoms with van der Waals surface area (Å²) in [6.07, 6.45) is 1.65. The minimum atomic E-state index is -0.908. The average Bonchev–Trinajstić information content (AvgIpc) is 3.29. The summed E-state index contributed by atoms with van der Waals surface area (Å²) in [5.41, 5.74) is 1.30. The van der Waals surface area contributed by atoms with Gasteiger partial charge in [0.25, 0.3) is 0 Å². The number of aryl methyl sites for hydroxylation is 1. The molecule has 2 atom stereocenters. The summed E-state index contributed by atoms with van der Waals surface area (Å²) >= 11 is 1.26. The smallest absolute Gasteiger partial charge is 0.348 e. The molecule has 0 radical (unpaired) electrons. The molecule has 3 aromatic rings. The molecule has 0 bridgehead atoms. The van der Waals surface area contributed by atoms with Crippen molar-refractivity contribution in [2.24, 2.45) is 0 Å². The molecule has 4 rings (SSSR count). The summed E-state index contributed by atoms with van der Waals surface area (Å²) < 4.78 is 37.9. The van der Waals surface area contributed by atoms with E-state index in [2.05, 4.69) is 15.3 Å². The number of rotatable bonds is 5. The highest BCUT2D eigenvalue weighted by molar-refractivity contribution is 7.20. The van der Waals surface area contributed by atoms with Gasteiger partial charge in [0, 0.05) is 6.61 Å². The molecule has 1 aliphatic heterocycles. The van der Waals surface area contributed by atoms with Crippen LogP contribution in [-0.2, 0) is 9.47 Å². The minimum Gasteiger partial charge on any atom is -0.462 e. The van der Waals surface area contributed by atoms with Gasteiger partial charge in [0.15, 0.2) is 11.6 Å². The largest absolute Gasteiger partial charge is 0.462 e. The van der Waals surface area contributed by atoms with Crippen LogP contribution < -0.4 is 5.32 Å². The first-order chi connectivity index (χ1) is 14.0. The Morgan fingerprint density at radius 3 is 2.93 bits per heavy atom. The molecule has 2 aromatic heterocycles. The molecule has 0 aliphatic carbocycles. The van der Waals surface area contributed by atoms with Gasteiger partial charge < -0.3 is 14.8 Å². The number of benzene rings is 1. The Balaban J connectivity index is 1.66. The average molecular weight is 419 g/mol. The van der Waals surface area contributed by atoms with Crippen LogP contribution in [0.2, 0.25) is 0 Å². The van der Waals surface area contributed by atoms with Crippen LogP contribution in [0.5, 0.6) is 0 Å². The second kappa shape index (κ2) is 8.00. The summed E-state index contributed by atoms with van der Waals surface area (Å²) in [6, 6.07) is 3.58. The van der Waals surface area contributed by atoms with E-state index in [4.69, 9.17) is 9.47 Å². The fraction of sp³-hybridized carbons (Fsp3) is 0.350. The maximum absolute atomic E-state index is 13.7. The van der Waals surface area contributed by atoms with Gasteiger partial charge in [0.1, 0.15) is 28.0 Å². The zero-order chi connectivity index (χ0) is 20.5. The van der Waals surface area contributed by atoms with E-state index in [0.29, 0.717) is 40.7 Å². The molecule has 6 nitrogen and oxygen atoms in total. The monoisotopic (exact) mass is 419 g/mol. The molecule has 29 heavy (non-hydrogen) atoms. The Morgan fingerprint density at radius 2 is 2.17 bits per heavy atom. The number of aromatic nitrogens is 2. The van der Waals surface area contributed by atoms with E-state index < -0.39 is 17.7 Å². The molecule has 9 heteroatoms. The number of carbonyl (C=O) groups excluding carboxylic acids is 1. The molecular weight excluding hydrogens is 400 g/mol. The highest BCUT2D eigenvalue weighted by Crippen LogP contribution is 2.37. The van der Waals surface area contributed by atoms with Gasteiger partial charge in [-0.3, -0.25) is 0 Å². The second-order valence-electron chi connectivity index (χ2n) is 6.68. The molecule has 2 unspecified atom stereocenters. The minimum absolute atomic E-state index is 0.191. The van der Waals surface area contributed by atoms with E-state index >= 15 is 0 Å². The molecule has 0 saturated carbocycles. The van der Waals surface area contributed by atoms with Gasteiger partial charge in [-0.2, -0.15) is 0 Å². The van der Waals surface area contributed by atoms with Crippen molar-refractivity contribution in [3.8, 4) is 0 Å². The lowest BCUT2D eigenvalue weighted by atomic mass is 10.0.